The average Bonchev–Trinajstić information content (AvgIpc) is 2.57. The Morgan fingerprint density at radius 2 is 1.31 bits per heavy atom. The minimum atomic E-state index is -4.50. The van der Waals surface area contributed by atoms with Crippen molar-refractivity contribution < 1.29 is 28.4 Å². The molecule has 0 aromatic carbocycles. The normalized spacial score (nSPS) is 11.8. The van der Waals surface area contributed by atoms with Gasteiger partial charge in [-0.15, -0.1) is 0 Å². The Bertz CT molecular complexity index is 405. The van der Waals surface area contributed by atoms with E-state index in [1.54, 1.807) is 0 Å². The first-order chi connectivity index (χ1) is 12.5. The summed E-state index contributed by atoms with van der Waals surface area (Å²) in [6.07, 6.45) is 18.8. The van der Waals surface area contributed by atoms with E-state index in [1.807, 2.05) is 0 Å². The number of unbranched alkanes of at least 4 members (excludes halogenated alkanes) is 12. The van der Waals surface area contributed by atoms with Crippen LogP contribution in [0.5, 0.6) is 0 Å². The van der Waals surface area contributed by atoms with E-state index in [0.717, 1.165) is 25.5 Å². The molecule has 154 valence electrons. The highest BCUT2D eigenvalue weighted by Crippen LogP contribution is 2.35. The Hall–Kier alpha value is -0.840. The van der Waals surface area contributed by atoms with Gasteiger partial charge in [-0.05, 0) is 12.5 Å². The van der Waals surface area contributed by atoms with Crippen LogP contribution in [-0.4, -0.2) is 22.4 Å². The van der Waals surface area contributed by atoms with Crippen molar-refractivity contribution in [3.05, 3.63) is 12.3 Å². The van der Waals surface area contributed by atoms with E-state index in [0.29, 0.717) is 6.42 Å². The van der Waals surface area contributed by atoms with Gasteiger partial charge in [0.1, 0.15) is 6.61 Å². The van der Waals surface area contributed by atoms with Gasteiger partial charge in [0.05, 0.1) is 6.26 Å². The summed E-state index contributed by atoms with van der Waals surface area (Å²) in [6.45, 7) is 2.20. The van der Waals surface area contributed by atoms with Gasteiger partial charge >= 0.3 is 13.8 Å². The molecule has 0 bridgehead atoms. The lowest BCUT2D eigenvalue weighted by Crippen LogP contribution is -2.04. The largest absolute Gasteiger partial charge is 0.524 e. The summed E-state index contributed by atoms with van der Waals surface area (Å²) >= 11 is 0. The third-order valence-corrected chi connectivity index (χ3v) is 4.52. The minimum absolute atomic E-state index is 0.0444. The van der Waals surface area contributed by atoms with Crippen molar-refractivity contribution in [2.45, 2.75) is 96.8 Å². The molecule has 0 saturated heterocycles. The SMILES string of the molecule is CCCCCCCCCCCCCCCC(=O)OC/C=C/OP(=O)(O)O. The summed E-state index contributed by atoms with van der Waals surface area (Å²) in [5, 5.41) is 0. The van der Waals surface area contributed by atoms with Gasteiger partial charge in [-0.1, -0.05) is 84.0 Å². The molecule has 26 heavy (non-hydrogen) atoms. The van der Waals surface area contributed by atoms with Gasteiger partial charge < -0.3 is 9.26 Å². The van der Waals surface area contributed by atoms with E-state index in [4.69, 9.17) is 14.5 Å². The molecule has 0 amide bonds. The number of phosphoric acid groups is 1. The van der Waals surface area contributed by atoms with Gasteiger partial charge in [0.2, 0.25) is 0 Å². The lowest BCUT2D eigenvalue weighted by molar-refractivity contribution is -0.142. The summed E-state index contributed by atoms with van der Waals surface area (Å²) in [4.78, 5) is 28.3. The number of esters is 1. The third kappa shape index (κ3) is 21.2. The van der Waals surface area contributed by atoms with Crippen molar-refractivity contribution >= 4 is 13.8 Å². The molecule has 0 aromatic heterocycles. The molecule has 0 heterocycles. The van der Waals surface area contributed by atoms with E-state index in [1.165, 1.54) is 70.3 Å². The monoisotopic (exact) mass is 392 g/mol. The molecular weight excluding hydrogens is 355 g/mol. The molecule has 0 rings (SSSR count). The van der Waals surface area contributed by atoms with Crippen LogP contribution in [0.2, 0.25) is 0 Å². The molecule has 0 atom stereocenters. The topological polar surface area (TPSA) is 93.1 Å². The molecule has 0 aliphatic heterocycles. The van der Waals surface area contributed by atoms with E-state index < -0.39 is 7.82 Å². The number of rotatable bonds is 18. The second-order valence-corrected chi connectivity index (χ2v) is 7.84. The molecule has 7 heteroatoms. The number of phosphoric ester groups is 1. The number of ether oxygens (including phenoxy) is 1. The van der Waals surface area contributed by atoms with Gasteiger partial charge in [0.15, 0.2) is 0 Å². The van der Waals surface area contributed by atoms with Crippen molar-refractivity contribution in [3.8, 4) is 0 Å². The quantitative estimate of drug-likeness (QED) is 0.136. The number of carbonyl (C=O) groups is 1. The lowest BCUT2D eigenvalue weighted by atomic mass is 10.0. The molecule has 0 aliphatic rings. The Morgan fingerprint density at radius 3 is 1.77 bits per heavy atom. The van der Waals surface area contributed by atoms with Crippen LogP contribution in [-0.2, 0) is 18.6 Å². The first kappa shape index (κ1) is 25.2. The second-order valence-electron chi connectivity index (χ2n) is 6.64. The van der Waals surface area contributed by atoms with E-state index in [-0.39, 0.29) is 12.6 Å². The van der Waals surface area contributed by atoms with Crippen molar-refractivity contribution in [1.29, 1.82) is 0 Å². The number of carbonyl (C=O) groups excluding carboxylic acids is 1. The van der Waals surface area contributed by atoms with E-state index in [2.05, 4.69) is 11.4 Å². The summed E-state index contributed by atoms with van der Waals surface area (Å²) in [6, 6.07) is 0. The lowest BCUT2D eigenvalue weighted by Gasteiger charge is -2.04. The summed E-state index contributed by atoms with van der Waals surface area (Å²) in [7, 11) is -4.50. The van der Waals surface area contributed by atoms with E-state index in [9.17, 15) is 9.36 Å². The Morgan fingerprint density at radius 1 is 0.846 bits per heavy atom. The van der Waals surface area contributed by atoms with Gasteiger partial charge in [0, 0.05) is 6.42 Å². The zero-order valence-corrected chi connectivity index (χ0v) is 17.1. The maximum Gasteiger partial charge on any atom is 0.524 e. The smallest absolute Gasteiger partial charge is 0.461 e. The standard InChI is InChI=1S/C19H37O6P/c1-2-3-4-5-6-7-8-9-10-11-12-13-14-16-19(20)24-17-15-18-25-26(21,22)23/h15,18H,2-14,16-17H2,1H3,(H2,21,22,23)/b18-15+. The molecule has 6 nitrogen and oxygen atoms in total. The van der Waals surface area contributed by atoms with Crippen molar-refractivity contribution in [3.63, 3.8) is 0 Å². The van der Waals surface area contributed by atoms with E-state index >= 15 is 0 Å². The molecule has 2 N–H and O–H groups in total. The molecule has 0 radical (unpaired) electrons. The molecule has 0 spiro atoms. The zero-order valence-electron chi connectivity index (χ0n) is 16.2. The van der Waals surface area contributed by atoms with Crippen molar-refractivity contribution in [2.24, 2.45) is 0 Å². The highest BCUT2D eigenvalue weighted by molar-refractivity contribution is 7.46. The van der Waals surface area contributed by atoms with Gasteiger partial charge in [-0.3, -0.25) is 14.6 Å². The molecule has 0 aliphatic carbocycles. The van der Waals surface area contributed by atoms with Crippen LogP contribution in [0.15, 0.2) is 12.3 Å². The number of hydrogen-bond acceptors (Lipinski definition) is 4. The fraction of sp³-hybridized carbons (Fsp3) is 0.842. The summed E-state index contributed by atoms with van der Waals surface area (Å²) in [5.41, 5.74) is 0. The van der Waals surface area contributed by atoms with Crippen molar-refractivity contribution in [2.75, 3.05) is 6.61 Å². The Balaban J connectivity index is 3.27. The highest BCUT2D eigenvalue weighted by Gasteiger charge is 2.11. The number of hydrogen-bond donors (Lipinski definition) is 2. The third-order valence-electron chi connectivity index (χ3n) is 4.12. The van der Waals surface area contributed by atoms with Crippen LogP contribution in [0.1, 0.15) is 96.8 Å². The van der Waals surface area contributed by atoms with Gasteiger partial charge in [0.25, 0.3) is 0 Å². The summed E-state index contributed by atoms with van der Waals surface area (Å²) in [5.74, 6) is -0.297. The fourth-order valence-electron chi connectivity index (χ4n) is 2.66. The van der Waals surface area contributed by atoms with Crippen LogP contribution in [0.3, 0.4) is 0 Å². The molecule has 0 unspecified atom stereocenters. The fourth-order valence-corrected chi connectivity index (χ4v) is 2.91. The predicted molar refractivity (Wildman–Crippen MR) is 104 cm³/mol. The van der Waals surface area contributed by atoms with Gasteiger partial charge in [-0.2, -0.15) is 0 Å². The predicted octanol–water partition coefficient (Wildman–Crippen LogP) is 5.63. The zero-order chi connectivity index (χ0) is 19.5. The van der Waals surface area contributed by atoms with Crippen LogP contribution in [0.4, 0.5) is 0 Å². The van der Waals surface area contributed by atoms with Crippen LogP contribution in [0, 0.1) is 0 Å². The second kappa shape index (κ2) is 17.6. The van der Waals surface area contributed by atoms with Crippen molar-refractivity contribution in [1.82, 2.24) is 0 Å². The highest BCUT2D eigenvalue weighted by atomic mass is 31.2. The maximum atomic E-state index is 11.5. The molecule has 0 saturated carbocycles. The molecular formula is C19H37O6P. The first-order valence-electron chi connectivity index (χ1n) is 10.0. The Labute approximate surface area is 158 Å². The molecule has 0 aromatic rings. The minimum Gasteiger partial charge on any atom is -0.461 e. The van der Waals surface area contributed by atoms with Gasteiger partial charge in [-0.25, -0.2) is 4.57 Å². The molecule has 0 fully saturated rings. The Kier molecular flexibility index (Phi) is 17.0. The van der Waals surface area contributed by atoms with Crippen LogP contribution >= 0.6 is 7.82 Å². The summed E-state index contributed by atoms with van der Waals surface area (Å²) < 4.78 is 19.4. The average molecular weight is 392 g/mol. The van der Waals surface area contributed by atoms with Crippen LogP contribution in [0.25, 0.3) is 0 Å². The first-order valence-corrected chi connectivity index (χ1v) is 11.5. The van der Waals surface area contributed by atoms with Crippen LogP contribution < -0.4 is 0 Å². The maximum absolute atomic E-state index is 11.5.